The van der Waals surface area contributed by atoms with E-state index < -0.39 is 0 Å². The highest BCUT2D eigenvalue weighted by atomic mass is 35.5. The Morgan fingerprint density at radius 1 is 1.30 bits per heavy atom. The van der Waals surface area contributed by atoms with Crippen molar-refractivity contribution in [3.05, 3.63) is 29.8 Å². The first-order valence-electron chi connectivity index (χ1n) is 6.23. The minimum Gasteiger partial charge on any atom is -0.469 e. The standard InChI is InChI=1S/C14H20N2O3.ClH/c1-10(9-15)14(18)16-12-6-3-11(4-7-12)5-8-13(17)19-2;/h3-4,6-7,10H,5,8-9,15H2,1-2H3,(H,16,18);1H. The molecule has 0 aliphatic heterocycles. The SMILES string of the molecule is COC(=O)CCc1ccc(NC(=O)C(C)CN)cc1.Cl. The molecule has 0 spiro atoms. The predicted molar refractivity (Wildman–Crippen MR) is 80.9 cm³/mol. The van der Waals surface area contributed by atoms with Gasteiger partial charge in [0, 0.05) is 24.6 Å². The fourth-order valence-electron chi connectivity index (χ4n) is 1.48. The molecule has 0 bridgehead atoms. The summed E-state index contributed by atoms with van der Waals surface area (Å²) in [6.07, 6.45) is 0.979. The van der Waals surface area contributed by atoms with Crippen molar-refractivity contribution in [2.45, 2.75) is 19.8 Å². The average molecular weight is 301 g/mol. The van der Waals surface area contributed by atoms with Crippen molar-refractivity contribution in [1.29, 1.82) is 0 Å². The van der Waals surface area contributed by atoms with E-state index in [-0.39, 0.29) is 30.2 Å². The third-order valence-corrected chi connectivity index (χ3v) is 2.87. The lowest BCUT2D eigenvalue weighted by Gasteiger charge is -2.10. The van der Waals surface area contributed by atoms with Crippen molar-refractivity contribution in [3.63, 3.8) is 0 Å². The zero-order chi connectivity index (χ0) is 14.3. The van der Waals surface area contributed by atoms with Gasteiger partial charge in [-0.15, -0.1) is 12.4 Å². The number of halogens is 1. The molecule has 0 saturated carbocycles. The van der Waals surface area contributed by atoms with Crippen molar-refractivity contribution in [2.75, 3.05) is 19.0 Å². The van der Waals surface area contributed by atoms with Gasteiger partial charge in [0.2, 0.25) is 5.91 Å². The first-order valence-corrected chi connectivity index (χ1v) is 6.23. The second kappa shape index (κ2) is 9.34. The van der Waals surface area contributed by atoms with Gasteiger partial charge in [0.15, 0.2) is 0 Å². The van der Waals surface area contributed by atoms with Gasteiger partial charge >= 0.3 is 5.97 Å². The number of hydrogen-bond donors (Lipinski definition) is 2. The van der Waals surface area contributed by atoms with E-state index in [0.717, 1.165) is 11.3 Å². The summed E-state index contributed by atoms with van der Waals surface area (Å²) in [5.74, 6) is -0.530. The van der Waals surface area contributed by atoms with Gasteiger partial charge in [-0.25, -0.2) is 0 Å². The van der Waals surface area contributed by atoms with Gasteiger partial charge in [0.05, 0.1) is 7.11 Å². The van der Waals surface area contributed by atoms with Crippen LogP contribution in [-0.2, 0) is 20.7 Å². The third kappa shape index (κ3) is 6.04. The van der Waals surface area contributed by atoms with Crippen molar-refractivity contribution in [2.24, 2.45) is 11.7 Å². The molecular weight excluding hydrogens is 280 g/mol. The zero-order valence-electron chi connectivity index (χ0n) is 11.7. The first kappa shape index (κ1) is 18.4. The first-order chi connectivity index (χ1) is 9.06. The van der Waals surface area contributed by atoms with Gasteiger partial charge < -0.3 is 15.8 Å². The Bertz CT molecular complexity index is 435. The van der Waals surface area contributed by atoms with Crippen LogP contribution in [0.5, 0.6) is 0 Å². The van der Waals surface area contributed by atoms with Gasteiger partial charge in [-0.1, -0.05) is 19.1 Å². The summed E-state index contributed by atoms with van der Waals surface area (Å²) in [5, 5.41) is 2.79. The number of benzene rings is 1. The van der Waals surface area contributed by atoms with Gasteiger partial charge in [-0.2, -0.15) is 0 Å². The van der Waals surface area contributed by atoms with E-state index in [1.165, 1.54) is 7.11 Å². The van der Waals surface area contributed by atoms with E-state index in [9.17, 15) is 9.59 Å². The Labute approximate surface area is 125 Å². The van der Waals surface area contributed by atoms with Gasteiger partial charge in [0.1, 0.15) is 0 Å². The van der Waals surface area contributed by atoms with E-state index >= 15 is 0 Å². The molecule has 20 heavy (non-hydrogen) atoms. The van der Waals surface area contributed by atoms with Crippen LogP contribution in [0.15, 0.2) is 24.3 Å². The van der Waals surface area contributed by atoms with Crippen LogP contribution in [0.1, 0.15) is 18.9 Å². The molecule has 6 heteroatoms. The third-order valence-electron chi connectivity index (χ3n) is 2.87. The quantitative estimate of drug-likeness (QED) is 0.784. The van der Waals surface area contributed by atoms with E-state index in [1.54, 1.807) is 6.92 Å². The molecule has 1 aromatic carbocycles. The van der Waals surface area contributed by atoms with Crippen LogP contribution in [0, 0.1) is 5.92 Å². The molecule has 5 nitrogen and oxygen atoms in total. The fourth-order valence-corrected chi connectivity index (χ4v) is 1.48. The zero-order valence-corrected chi connectivity index (χ0v) is 12.5. The molecule has 1 amide bonds. The van der Waals surface area contributed by atoms with Crippen LogP contribution in [0.4, 0.5) is 5.69 Å². The average Bonchev–Trinajstić information content (AvgIpc) is 2.45. The molecule has 1 unspecified atom stereocenters. The smallest absolute Gasteiger partial charge is 0.305 e. The maximum absolute atomic E-state index is 11.6. The Morgan fingerprint density at radius 3 is 2.40 bits per heavy atom. The fraction of sp³-hybridized carbons (Fsp3) is 0.429. The Hall–Kier alpha value is -1.59. The van der Waals surface area contributed by atoms with Crippen molar-refractivity contribution >= 4 is 30.0 Å². The molecule has 0 saturated heterocycles. The van der Waals surface area contributed by atoms with Gasteiger partial charge in [-0.05, 0) is 24.1 Å². The van der Waals surface area contributed by atoms with Crippen LogP contribution in [0.25, 0.3) is 0 Å². The maximum atomic E-state index is 11.6. The molecule has 0 aliphatic carbocycles. The molecular formula is C14H21ClN2O3. The normalized spacial score (nSPS) is 11.2. The van der Waals surface area contributed by atoms with Crippen LogP contribution in [0.3, 0.4) is 0 Å². The van der Waals surface area contributed by atoms with Crippen LogP contribution >= 0.6 is 12.4 Å². The van der Waals surface area contributed by atoms with E-state index in [2.05, 4.69) is 10.1 Å². The number of nitrogens with one attached hydrogen (secondary N) is 1. The number of methoxy groups -OCH3 is 1. The van der Waals surface area contributed by atoms with Crippen molar-refractivity contribution < 1.29 is 14.3 Å². The Kier molecular flexibility index (Phi) is 8.59. The van der Waals surface area contributed by atoms with Crippen LogP contribution in [0.2, 0.25) is 0 Å². The van der Waals surface area contributed by atoms with Crippen molar-refractivity contribution in [1.82, 2.24) is 0 Å². The second-order valence-corrected chi connectivity index (χ2v) is 4.40. The number of nitrogens with two attached hydrogens (primary N) is 1. The van der Waals surface area contributed by atoms with E-state index in [1.807, 2.05) is 24.3 Å². The number of hydrogen-bond acceptors (Lipinski definition) is 4. The summed E-state index contributed by atoms with van der Waals surface area (Å²) in [6.45, 7) is 2.10. The molecule has 0 aromatic heterocycles. The highest BCUT2D eigenvalue weighted by molar-refractivity contribution is 5.92. The summed E-state index contributed by atoms with van der Waals surface area (Å²) in [4.78, 5) is 22.6. The number of ether oxygens (including phenoxy) is 1. The summed E-state index contributed by atoms with van der Waals surface area (Å²) in [7, 11) is 1.37. The molecule has 0 aliphatic rings. The van der Waals surface area contributed by atoms with Crippen LogP contribution < -0.4 is 11.1 Å². The molecule has 1 rings (SSSR count). The number of amides is 1. The van der Waals surface area contributed by atoms with E-state index in [0.29, 0.717) is 19.4 Å². The molecule has 1 aromatic rings. The lowest BCUT2D eigenvalue weighted by Crippen LogP contribution is -2.26. The summed E-state index contributed by atoms with van der Waals surface area (Å²) < 4.78 is 4.58. The summed E-state index contributed by atoms with van der Waals surface area (Å²) >= 11 is 0. The number of rotatable bonds is 6. The highest BCUT2D eigenvalue weighted by Gasteiger charge is 2.10. The number of carbonyl (C=O) groups is 2. The number of carbonyl (C=O) groups excluding carboxylic acids is 2. The minimum atomic E-state index is -0.228. The molecule has 3 N–H and O–H groups in total. The minimum absolute atomic E-state index is 0. The molecule has 0 heterocycles. The Morgan fingerprint density at radius 2 is 1.90 bits per heavy atom. The van der Waals surface area contributed by atoms with Gasteiger partial charge in [-0.3, -0.25) is 9.59 Å². The molecule has 112 valence electrons. The maximum Gasteiger partial charge on any atom is 0.305 e. The summed E-state index contributed by atoms with van der Waals surface area (Å²) in [5.41, 5.74) is 7.18. The molecule has 0 radical (unpaired) electrons. The second-order valence-electron chi connectivity index (χ2n) is 4.40. The number of anilines is 1. The number of esters is 1. The highest BCUT2D eigenvalue weighted by Crippen LogP contribution is 2.12. The summed E-state index contributed by atoms with van der Waals surface area (Å²) in [6, 6.07) is 7.39. The lowest BCUT2D eigenvalue weighted by molar-refractivity contribution is -0.140. The topological polar surface area (TPSA) is 81.4 Å². The number of aryl methyl sites for hydroxylation is 1. The van der Waals surface area contributed by atoms with Crippen molar-refractivity contribution in [3.8, 4) is 0 Å². The van der Waals surface area contributed by atoms with Crippen LogP contribution in [-0.4, -0.2) is 25.5 Å². The van der Waals surface area contributed by atoms with Gasteiger partial charge in [0.25, 0.3) is 0 Å². The monoisotopic (exact) mass is 300 g/mol. The lowest BCUT2D eigenvalue weighted by atomic mass is 10.1. The molecule has 1 atom stereocenters. The molecule has 0 fully saturated rings. The van der Waals surface area contributed by atoms with E-state index in [4.69, 9.17) is 5.73 Å². The predicted octanol–water partition coefficient (Wildman–Crippen LogP) is 1.75. The Balaban J connectivity index is 0.00000361. The largest absolute Gasteiger partial charge is 0.469 e.